The molecule has 0 radical (unpaired) electrons. The number of rotatable bonds is 3. The normalized spacial score (nSPS) is 31.0. The van der Waals surface area contributed by atoms with Crippen LogP contribution in [0.25, 0.3) is 0 Å². The minimum Gasteiger partial charge on any atom is -0.481 e. The monoisotopic (exact) mass is 194 g/mol. The number of carboxylic acids is 1. The van der Waals surface area contributed by atoms with Crippen molar-refractivity contribution in [2.45, 2.75) is 27.2 Å². The molecule has 0 bridgehead atoms. The summed E-state index contributed by atoms with van der Waals surface area (Å²) in [6.45, 7) is 6.03. The summed E-state index contributed by atoms with van der Waals surface area (Å²) in [6, 6.07) is 0. The van der Waals surface area contributed by atoms with Crippen LogP contribution in [0.2, 0.25) is 0 Å². The Kier molecular flexibility index (Phi) is 3.14. The van der Waals surface area contributed by atoms with Crippen molar-refractivity contribution in [1.82, 2.24) is 0 Å². The Hall–Kier alpha value is -1.05. The van der Waals surface area contributed by atoms with Gasteiger partial charge in [0.1, 0.15) is 0 Å². The van der Waals surface area contributed by atoms with Crippen LogP contribution in [0.3, 0.4) is 0 Å². The summed E-state index contributed by atoms with van der Waals surface area (Å²) in [4.78, 5) is 11.2. The van der Waals surface area contributed by atoms with Gasteiger partial charge in [0.2, 0.25) is 0 Å². The lowest BCUT2D eigenvalue weighted by Gasteiger charge is -2.32. The van der Waals surface area contributed by atoms with Crippen molar-refractivity contribution in [3.8, 4) is 0 Å². The number of hydrogen-bond donors (Lipinski definition) is 1. The van der Waals surface area contributed by atoms with E-state index >= 15 is 0 Å². The Morgan fingerprint density at radius 2 is 2.14 bits per heavy atom. The van der Waals surface area contributed by atoms with Gasteiger partial charge < -0.3 is 5.11 Å². The zero-order valence-electron chi connectivity index (χ0n) is 9.03. The average molecular weight is 194 g/mol. The second-order valence-corrected chi connectivity index (χ2v) is 4.57. The highest BCUT2D eigenvalue weighted by Gasteiger charge is 2.38. The molecule has 2 nitrogen and oxygen atoms in total. The van der Waals surface area contributed by atoms with E-state index in [-0.39, 0.29) is 5.92 Å². The highest BCUT2D eigenvalue weighted by molar-refractivity contribution is 5.77. The third-order valence-corrected chi connectivity index (χ3v) is 2.85. The highest BCUT2D eigenvalue weighted by atomic mass is 16.4. The molecule has 0 aromatic rings. The molecule has 0 aliphatic heterocycles. The Labute approximate surface area is 85.3 Å². The van der Waals surface area contributed by atoms with Crippen LogP contribution >= 0.6 is 0 Å². The second-order valence-electron chi connectivity index (χ2n) is 4.57. The summed E-state index contributed by atoms with van der Waals surface area (Å²) in [7, 11) is 0. The Morgan fingerprint density at radius 1 is 1.50 bits per heavy atom. The summed E-state index contributed by atoms with van der Waals surface area (Å²) in [5.74, 6) is -0.0939. The van der Waals surface area contributed by atoms with Gasteiger partial charge in [-0.3, -0.25) is 4.79 Å². The zero-order chi connectivity index (χ0) is 10.8. The van der Waals surface area contributed by atoms with E-state index in [4.69, 9.17) is 0 Å². The maximum absolute atomic E-state index is 11.2. The van der Waals surface area contributed by atoms with E-state index < -0.39 is 11.4 Å². The summed E-state index contributed by atoms with van der Waals surface area (Å²) in [5, 5.41) is 9.20. The predicted octanol–water partition coefficient (Wildman–Crippen LogP) is 2.87. The van der Waals surface area contributed by atoms with Crippen LogP contribution in [0.15, 0.2) is 24.3 Å². The fourth-order valence-corrected chi connectivity index (χ4v) is 1.84. The maximum atomic E-state index is 11.2. The highest BCUT2D eigenvalue weighted by Crippen LogP contribution is 2.37. The van der Waals surface area contributed by atoms with Crippen molar-refractivity contribution in [3.05, 3.63) is 24.3 Å². The van der Waals surface area contributed by atoms with Crippen LogP contribution in [0.4, 0.5) is 0 Å². The van der Waals surface area contributed by atoms with E-state index in [2.05, 4.69) is 13.8 Å². The van der Waals surface area contributed by atoms with Crippen LogP contribution in [0.1, 0.15) is 27.2 Å². The fraction of sp³-hybridized carbons (Fsp3) is 0.583. The van der Waals surface area contributed by atoms with E-state index in [1.165, 1.54) is 0 Å². The summed E-state index contributed by atoms with van der Waals surface area (Å²) in [5.41, 5.74) is -0.723. The van der Waals surface area contributed by atoms with Crippen LogP contribution in [-0.2, 0) is 4.79 Å². The molecule has 1 N–H and O–H groups in total. The predicted molar refractivity (Wildman–Crippen MR) is 57.0 cm³/mol. The van der Waals surface area contributed by atoms with Gasteiger partial charge in [-0.25, -0.2) is 0 Å². The Morgan fingerprint density at radius 3 is 2.64 bits per heavy atom. The molecule has 14 heavy (non-hydrogen) atoms. The molecule has 0 spiro atoms. The number of carbonyl (C=O) groups is 1. The molecule has 0 saturated heterocycles. The molecule has 0 saturated carbocycles. The minimum absolute atomic E-state index is 0.116. The molecule has 0 fully saturated rings. The molecular formula is C12H18O2. The van der Waals surface area contributed by atoms with Crippen molar-refractivity contribution < 1.29 is 9.90 Å². The quantitative estimate of drug-likeness (QED) is 0.750. The van der Waals surface area contributed by atoms with Gasteiger partial charge in [-0.15, -0.1) is 0 Å². The second kappa shape index (κ2) is 3.99. The standard InChI is InChI=1S/C12H18O2/c1-9(2)8-10-6-4-5-7-12(10,3)11(13)14/h4-7,9-10H,8H2,1-3H3,(H,13,14). The van der Waals surface area contributed by atoms with Crippen molar-refractivity contribution in [1.29, 1.82) is 0 Å². The van der Waals surface area contributed by atoms with Gasteiger partial charge >= 0.3 is 5.97 Å². The summed E-state index contributed by atoms with van der Waals surface area (Å²) in [6.07, 6.45) is 8.49. The molecule has 1 aliphatic rings. The molecule has 1 rings (SSSR count). The molecule has 2 atom stereocenters. The van der Waals surface area contributed by atoms with Gasteiger partial charge in [-0.2, -0.15) is 0 Å². The van der Waals surface area contributed by atoms with Gasteiger partial charge in [0.15, 0.2) is 0 Å². The van der Waals surface area contributed by atoms with Gasteiger partial charge in [0.25, 0.3) is 0 Å². The maximum Gasteiger partial charge on any atom is 0.313 e. The summed E-state index contributed by atoms with van der Waals surface area (Å²) >= 11 is 0. The van der Waals surface area contributed by atoms with Gasteiger partial charge in [-0.1, -0.05) is 38.2 Å². The van der Waals surface area contributed by atoms with Crippen molar-refractivity contribution in [3.63, 3.8) is 0 Å². The van der Waals surface area contributed by atoms with Gasteiger partial charge in [0.05, 0.1) is 5.41 Å². The lowest BCUT2D eigenvalue weighted by Crippen LogP contribution is -2.34. The summed E-state index contributed by atoms with van der Waals surface area (Å²) < 4.78 is 0. The van der Waals surface area contributed by atoms with Crippen LogP contribution in [0, 0.1) is 17.3 Å². The fourth-order valence-electron chi connectivity index (χ4n) is 1.84. The zero-order valence-corrected chi connectivity index (χ0v) is 9.03. The minimum atomic E-state index is -0.733. The molecule has 2 heteroatoms. The van der Waals surface area contributed by atoms with E-state index in [1.807, 2.05) is 18.2 Å². The first-order valence-corrected chi connectivity index (χ1v) is 5.06. The van der Waals surface area contributed by atoms with E-state index in [9.17, 15) is 9.90 Å². The molecule has 2 unspecified atom stereocenters. The average Bonchev–Trinajstić information content (AvgIpc) is 2.08. The Balaban J connectivity index is 2.86. The molecule has 1 aliphatic carbocycles. The first kappa shape index (κ1) is 11.0. The van der Waals surface area contributed by atoms with E-state index in [1.54, 1.807) is 13.0 Å². The SMILES string of the molecule is CC(C)CC1C=CC=CC1(C)C(=O)O. The molecular weight excluding hydrogens is 176 g/mol. The third-order valence-electron chi connectivity index (χ3n) is 2.85. The van der Waals surface area contributed by atoms with Crippen LogP contribution < -0.4 is 0 Å². The van der Waals surface area contributed by atoms with Crippen LogP contribution in [0.5, 0.6) is 0 Å². The van der Waals surface area contributed by atoms with E-state index in [0.717, 1.165) is 6.42 Å². The number of allylic oxidation sites excluding steroid dienone is 3. The molecule has 0 heterocycles. The van der Waals surface area contributed by atoms with Crippen molar-refractivity contribution in [2.24, 2.45) is 17.3 Å². The number of aliphatic carboxylic acids is 1. The molecule has 78 valence electrons. The van der Waals surface area contributed by atoms with Crippen molar-refractivity contribution in [2.75, 3.05) is 0 Å². The molecule has 0 aromatic heterocycles. The van der Waals surface area contributed by atoms with E-state index in [0.29, 0.717) is 5.92 Å². The van der Waals surface area contributed by atoms with Crippen molar-refractivity contribution >= 4 is 5.97 Å². The molecule has 0 amide bonds. The van der Waals surface area contributed by atoms with Gasteiger partial charge in [0, 0.05) is 0 Å². The number of carboxylic acid groups (broad SMARTS) is 1. The first-order chi connectivity index (χ1) is 6.47. The lowest BCUT2D eigenvalue weighted by atomic mass is 9.71. The third kappa shape index (κ3) is 2.06. The largest absolute Gasteiger partial charge is 0.481 e. The molecule has 0 aromatic carbocycles. The Bertz CT molecular complexity index is 276. The topological polar surface area (TPSA) is 37.3 Å². The number of hydrogen-bond acceptors (Lipinski definition) is 1. The van der Waals surface area contributed by atoms with Gasteiger partial charge in [-0.05, 0) is 25.2 Å². The smallest absolute Gasteiger partial charge is 0.313 e. The van der Waals surface area contributed by atoms with Crippen LogP contribution in [-0.4, -0.2) is 11.1 Å². The lowest BCUT2D eigenvalue weighted by molar-refractivity contribution is -0.147. The first-order valence-electron chi connectivity index (χ1n) is 5.06.